The predicted octanol–water partition coefficient (Wildman–Crippen LogP) is 2.53. The summed E-state index contributed by atoms with van der Waals surface area (Å²) in [6.07, 6.45) is 1.57. The Kier molecular flexibility index (Phi) is 4.25. The maximum atomic E-state index is 12.1. The normalized spacial score (nSPS) is 11.9. The van der Waals surface area contributed by atoms with Crippen LogP contribution in [0.25, 0.3) is 0 Å². The number of amides is 1. The highest BCUT2D eigenvalue weighted by atomic mass is 35.5. The van der Waals surface area contributed by atoms with Crippen molar-refractivity contribution in [3.8, 4) is 0 Å². The highest BCUT2D eigenvalue weighted by molar-refractivity contribution is 6.30. The highest BCUT2D eigenvalue weighted by Crippen LogP contribution is 2.17. The Hall–Kier alpha value is -2.07. The van der Waals surface area contributed by atoms with E-state index < -0.39 is 0 Å². The molecule has 20 heavy (non-hydrogen) atoms. The van der Waals surface area contributed by atoms with Crippen LogP contribution in [-0.2, 0) is 7.05 Å². The molecule has 2 rings (SSSR count). The van der Waals surface area contributed by atoms with Crippen molar-refractivity contribution in [1.29, 1.82) is 0 Å². The van der Waals surface area contributed by atoms with Crippen molar-refractivity contribution >= 4 is 17.5 Å². The van der Waals surface area contributed by atoms with Gasteiger partial charge in [-0.1, -0.05) is 23.7 Å². The van der Waals surface area contributed by atoms with Crippen LogP contribution in [0.4, 0.5) is 0 Å². The largest absolute Gasteiger partial charge is 0.346 e. The minimum absolute atomic E-state index is 0.190. The van der Waals surface area contributed by atoms with E-state index >= 15 is 0 Å². The summed E-state index contributed by atoms with van der Waals surface area (Å²) in [5, 5.41) is 3.46. The third kappa shape index (κ3) is 3.27. The number of nitrogens with zero attached hydrogens (tertiary/aromatic N) is 1. The second-order valence-electron chi connectivity index (χ2n) is 4.61. The van der Waals surface area contributed by atoms with Gasteiger partial charge in [0.05, 0.1) is 6.04 Å². The first-order valence-electron chi connectivity index (χ1n) is 6.20. The molecule has 0 bridgehead atoms. The van der Waals surface area contributed by atoms with E-state index in [2.05, 4.69) is 5.32 Å². The molecule has 0 aliphatic carbocycles. The number of aromatic nitrogens is 1. The van der Waals surface area contributed by atoms with E-state index in [0.29, 0.717) is 10.6 Å². The third-order valence-electron chi connectivity index (χ3n) is 3.06. The van der Waals surface area contributed by atoms with E-state index in [4.69, 9.17) is 11.6 Å². The van der Waals surface area contributed by atoms with Crippen LogP contribution in [-0.4, -0.2) is 10.5 Å². The summed E-state index contributed by atoms with van der Waals surface area (Å²) in [5.41, 5.74) is 1.05. The second-order valence-corrected chi connectivity index (χ2v) is 5.05. The first kappa shape index (κ1) is 14.3. The number of carbonyl (C=O) groups is 1. The molecule has 1 aromatic heterocycles. The van der Waals surface area contributed by atoms with Gasteiger partial charge in [-0.05, 0) is 30.7 Å². The number of hydrogen-bond donors (Lipinski definition) is 1. The Bertz CT molecular complexity index is 694. The fraction of sp³-hybridized carbons (Fsp3) is 0.200. The molecule has 0 radical (unpaired) electrons. The van der Waals surface area contributed by atoms with Gasteiger partial charge in [0.25, 0.3) is 11.5 Å². The lowest BCUT2D eigenvalue weighted by Gasteiger charge is -2.14. The Morgan fingerprint density at radius 1 is 1.30 bits per heavy atom. The molecule has 0 fully saturated rings. The smallest absolute Gasteiger partial charge is 0.252 e. The zero-order chi connectivity index (χ0) is 14.7. The van der Waals surface area contributed by atoms with E-state index in [1.807, 2.05) is 19.1 Å². The quantitative estimate of drug-likeness (QED) is 0.944. The van der Waals surface area contributed by atoms with Crippen LogP contribution in [0.15, 0.2) is 47.4 Å². The second kappa shape index (κ2) is 5.92. The number of pyridine rings is 1. The molecule has 4 nitrogen and oxygen atoms in total. The molecule has 0 aliphatic rings. The minimum Gasteiger partial charge on any atom is -0.346 e. The van der Waals surface area contributed by atoms with Crippen molar-refractivity contribution in [3.05, 3.63) is 69.1 Å². The molecule has 1 amide bonds. The van der Waals surface area contributed by atoms with Crippen LogP contribution in [0.1, 0.15) is 28.9 Å². The van der Waals surface area contributed by atoms with Crippen LogP contribution in [0, 0.1) is 0 Å². The van der Waals surface area contributed by atoms with Crippen LogP contribution in [0.5, 0.6) is 0 Å². The third-order valence-corrected chi connectivity index (χ3v) is 3.30. The van der Waals surface area contributed by atoms with Gasteiger partial charge in [-0.25, -0.2) is 0 Å². The number of nitrogens with one attached hydrogen (secondary N) is 1. The van der Waals surface area contributed by atoms with Crippen LogP contribution < -0.4 is 10.9 Å². The molecule has 1 atom stereocenters. The van der Waals surface area contributed by atoms with E-state index in [9.17, 15) is 9.59 Å². The Balaban J connectivity index is 2.15. The number of halogens is 1. The van der Waals surface area contributed by atoms with Crippen molar-refractivity contribution in [3.63, 3.8) is 0 Å². The van der Waals surface area contributed by atoms with Gasteiger partial charge in [0.2, 0.25) is 0 Å². The molecule has 0 spiro atoms. The van der Waals surface area contributed by atoms with Crippen molar-refractivity contribution < 1.29 is 4.79 Å². The van der Waals surface area contributed by atoms with Gasteiger partial charge in [0.15, 0.2) is 0 Å². The predicted molar refractivity (Wildman–Crippen MR) is 79.0 cm³/mol. The van der Waals surface area contributed by atoms with Gasteiger partial charge >= 0.3 is 0 Å². The molecule has 0 saturated carbocycles. The number of rotatable bonds is 3. The number of hydrogen-bond acceptors (Lipinski definition) is 2. The fourth-order valence-electron chi connectivity index (χ4n) is 1.83. The van der Waals surface area contributed by atoms with Gasteiger partial charge in [0, 0.05) is 29.9 Å². The lowest BCUT2D eigenvalue weighted by Crippen LogP contribution is -2.28. The SMILES string of the molecule is CC(NC(=O)c1ccn(C)c(=O)c1)c1cccc(Cl)c1. The first-order valence-corrected chi connectivity index (χ1v) is 6.58. The minimum atomic E-state index is -0.282. The van der Waals surface area contributed by atoms with Crippen molar-refractivity contribution in [2.45, 2.75) is 13.0 Å². The summed E-state index contributed by atoms with van der Waals surface area (Å²) in [6.45, 7) is 1.87. The van der Waals surface area contributed by atoms with Crippen molar-refractivity contribution in [2.75, 3.05) is 0 Å². The molecule has 2 aromatic rings. The molecular formula is C15H15ClN2O2. The van der Waals surface area contributed by atoms with Gasteiger partial charge < -0.3 is 9.88 Å². The molecule has 1 unspecified atom stereocenters. The summed E-state index contributed by atoms with van der Waals surface area (Å²) in [4.78, 5) is 23.6. The molecular weight excluding hydrogens is 276 g/mol. The average molecular weight is 291 g/mol. The summed E-state index contributed by atoms with van der Waals surface area (Å²) in [6, 6.07) is 10.0. The number of benzene rings is 1. The Morgan fingerprint density at radius 3 is 2.70 bits per heavy atom. The van der Waals surface area contributed by atoms with E-state index in [0.717, 1.165) is 5.56 Å². The van der Waals surface area contributed by atoms with E-state index in [1.165, 1.54) is 10.6 Å². The van der Waals surface area contributed by atoms with E-state index in [1.54, 1.807) is 31.4 Å². The number of carbonyl (C=O) groups excluding carboxylic acids is 1. The summed E-state index contributed by atoms with van der Waals surface area (Å²) in [7, 11) is 1.64. The van der Waals surface area contributed by atoms with Gasteiger partial charge in [-0.2, -0.15) is 0 Å². The van der Waals surface area contributed by atoms with Crippen molar-refractivity contribution in [1.82, 2.24) is 9.88 Å². The molecule has 0 aliphatic heterocycles. The summed E-state index contributed by atoms with van der Waals surface area (Å²) < 4.78 is 1.41. The topological polar surface area (TPSA) is 51.1 Å². The average Bonchev–Trinajstić information content (AvgIpc) is 2.41. The molecule has 104 valence electrons. The zero-order valence-electron chi connectivity index (χ0n) is 11.3. The first-order chi connectivity index (χ1) is 9.47. The maximum Gasteiger partial charge on any atom is 0.252 e. The molecule has 0 saturated heterocycles. The lowest BCUT2D eigenvalue weighted by molar-refractivity contribution is 0.0939. The standard InChI is InChI=1S/C15H15ClN2O2/c1-10(11-4-3-5-13(16)8-11)17-15(20)12-6-7-18(2)14(19)9-12/h3-10H,1-2H3,(H,17,20). The summed E-state index contributed by atoms with van der Waals surface area (Å²) >= 11 is 5.92. The van der Waals surface area contributed by atoms with Crippen LogP contribution in [0.2, 0.25) is 5.02 Å². The van der Waals surface area contributed by atoms with Crippen LogP contribution in [0.3, 0.4) is 0 Å². The Morgan fingerprint density at radius 2 is 2.05 bits per heavy atom. The van der Waals surface area contributed by atoms with Gasteiger partial charge in [-0.15, -0.1) is 0 Å². The molecule has 1 aromatic carbocycles. The summed E-state index contributed by atoms with van der Waals surface area (Å²) in [5.74, 6) is -0.282. The van der Waals surface area contributed by atoms with Gasteiger partial charge in [0.1, 0.15) is 0 Å². The molecule has 1 heterocycles. The van der Waals surface area contributed by atoms with Crippen molar-refractivity contribution in [2.24, 2.45) is 7.05 Å². The molecule has 1 N–H and O–H groups in total. The monoisotopic (exact) mass is 290 g/mol. The Labute approximate surface area is 122 Å². The van der Waals surface area contributed by atoms with Gasteiger partial charge in [-0.3, -0.25) is 9.59 Å². The van der Waals surface area contributed by atoms with E-state index in [-0.39, 0.29) is 17.5 Å². The maximum absolute atomic E-state index is 12.1. The lowest BCUT2D eigenvalue weighted by atomic mass is 10.1. The number of aryl methyl sites for hydroxylation is 1. The highest BCUT2D eigenvalue weighted by Gasteiger charge is 2.12. The molecule has 5 heteroatoms. The zero-order valence-corrected chi connectivity index (χ0v) is 12.0. The fourth-order valence-corrected chi connectivity index (χ4v) is 2.03. The van der Waals surface area contributed by atoms with Crippen LogP contribution >= 0.6 is 11.6 Å².